The maximum absolute atomic E-state index is 6.23. The molecule has 1 aliphatic carbocycles. The molecule has 1 unspecified atom stereocenters. The van der Waals surface area contributed by atoms with Crippen LogP contribution in [0.5, 0.6) is 0 Å². The number of rotatable bonds is 4. The molecule has 0 radical (unpaired) electrons. The zero-order valence-corrected chi connectivity index (χ0v) is 16.2. The molecule has 4 rings (SSSR count). The summed E-state index contributed by atoms with van der Waals surface area (Å²) in [6.07, 6.45) is 7.09. The Morgan fingerprint density at radius 2 is 1.81 bits per heavy atom. The Morgan fingerprint density at radius 1 is 1.08 bits per heavy atom. The van der Waals surface area contributed by atoms with Crippen LogP contribution >= 0.6 is 34.8 Å². The third-order valence-electron chi connectivity index (χ3n) is 4.60. The van der Waals surface area contributed by atoms with Gasteiger partial charge in [-0.3, -0.25) is 0 Å². The number of aromatic amines is 1. The molecule has 0 bridgehead atoms. The molecule has 0 spiro atoms. The van der Waals surface area contributed by atoms with E-state index in [0.717, 1.165) is 45.1 Å². The van der Waals surface area contributed by atoms with Gasteiger partial charge in [-0.25, -0.2) is 0 Å². The van der Waals surface area contributed by atoms with E-state index >= 15 is 0 Å². The number of aromatic nitrogens is 1. The molecule has 0 saturated heterocycles. The minimum atomic E-state index is 0.0558. The van der Waals surface area contributed by atoms with Gasteiger partial charge in [-0.2, -0.15) is 0 Å². The topological polar surface area (TPSA) is 53.8 Å². The average Bonchev–Trinajstić information content (AvgIpc) is 2.96. The van der Waals surface area contributed by atoms with Crippen molar-refractivity contribution < 1.29 is 0 Å². The zero-order chi connectivity index (χ0) is 18.3. The highest BCUT2D eigenvalue weighted by atomic mass is 35.5. The molecule has 134 valence electrons. The second-order valence-electron chi connectivity index (χ2n) is 6.37. The maximum atomic E-state index is 6.23. The molecule has 4 N–H and O–H groups in total. The molecule has 1 heterocycles. The van der Waals surface area contributed by atoms with Crippen LogP contribution in [0.1, 0.15) is 12.0 Å². The first-order chi connectivity index (χ1) is 12.6. The van der Waals surface area contributed by atoms with Gasteiger partial charge in [0.2, 0.25) is 0 Å². The number of halogens is 3. The molecule has 1 aliphatic rings. The number of nitrogens with one attached hydrogen (secondary N) is 2. The smallest absolute Gasteiger partial charge is 0.0613 e. The van der Waals surface area contributed by atoms with E-state index < -0.39 is 0 Å². The van der Waals surface area contributed by atoms with Crippen molar-refractivity contribution in [2.24, 2.45) is 5.73 Å². The van der Waals surface area contributed by atoms with Crippen molar-refractivity contribution in [3.8, 4) is 0 Å². The van der Waals surface area contributed by atoms with E-state index in [4.69, 9.17) is 40.5 Å². The minimum absolute atomic E-state index is 0.0558. The van der Waals surface area contributed by atoms with Crippen LogP contribution in [0.4, 0.5) is 5.69 Å². The minimum Gasteiger partial charge on any atom is -0.383 e. The quantitative estimate of drug-likeness (QED) is 0.469. The molecule has 0 aliphatic heterocycles. The molecule has 1 atom stereocenters. The van der Waals surface area contributed by atoms with Crippen LogP contribution in [-0.4, -0.2) is 23.5 Å². The van der Waals surface area contributed by atoms with Crippen LogP contribution < -0.4 is 11.1 Å². The van der Waals surface area contributed by atoms with Gasteiger partial charge >= 0.3 is 0 Å². The summed E-state index contributed by atoms with van der Waals surface area (Å²) in [5.74, 6) is 0. The van der Waals surface area contributed by atoms with Crippen molar-refractivity contribution in [1.29, 1.82) is 0 Å². The van der Waals surface area contributed by atoms with Gasteiger partial charge in [0.15, 0.2) is 0 Å². The van der Waals surface area contributed by atoms with Crippen molar-refractivity contribution in [2.45, 2.75) is 11.8 Å². The Morgan fingerprint density at radius 3 is 2.54 bits per heavy atom. The number of alkyl halides is 1. The summed E-state index contributed by atoms with van der Waals surface area (Å²) in [6, 6.07) is 8.07. The van der Waals surface area contributed by atoms with Crippen LogP contribution in [0.15, 0.2) is 42.5 Å². The molecular weight excluding hydrogens is 389 g/mol. The molecule has 0 amide bonds. The largest absolute Gasteiger partial charge is 0.383 e. The summed E-state index contributed by atoms with van der Waals surface area (Å²) >= 11 is 18.6. The molecule has 26 heavy (non-hydrogen) atoms. The lowest BCUT2D eigenvalue weighted by Gasteiger charge is -2.16. The van der Waals surface area contributed by atoms with Gasteiger partial charge in [-0.1, -0.05) is 41.4 Å². The van der Waals surface area contributed by atoms with E-state index in [1.54, 1.807) is 0 Å². The summed E-state index contributed by atoms with van der Waals surface area (Å²) in [7, 11) is 0. The molecule has 3 aromatic rings. The lowest BCUT2D eigenvalue weighted by Crippen LogP contribution is -2.14. The summed E-state index contributed by atoms with van der Waals surface area (Å²) < 4.78 is 0. The van der Waals surface area contributed by atoms with Crippen LogP contribution in [0, 0.1) is 0 Å². The summed E-state index contributed by atoms with van der Waals surface area (Å²) in [5, 5.41) is 6.72. The van der Waals surface area contributed by atoms with Gasteiger partial charge in [0.05, 0.1) is 15.4 Å². The SMILES string of the molecule is NCCNc1cc2c(cc1C1=CCC(Cl)C=C1)[nH]c1cc(Cl)c(Cl)cc12. The van der Waals surface area contributed by atoms with Crippen molar-refractivity contribution in [2.75, 3.05) is 18.4 Å². The Kier molecular flexibility index (Phi) is 4.89. The van der Waals surface area contributed by atoms with Crippen molar-refractivity contribution in [3.05, 3.63) is 58.1 Å². The fourth-order valence-electron chi connectivity index (χ4n) is 3.33. The fourth-order valence-corrected chi connectivity index (χ4v) is 3.82. The van der Waals surface area contributed by atoms with Gasteiger partial charge in [-0.05, 0) is 36.3 Å². The Balaban J connectivity index is 1.92. The third kappa shape index (κ3) is 3.21. The van der Waals surface area contributed by atoms with E-state index in [0.29, 0.717) is 23.1 Å². The normalized spacial score (nSPS) is 17.1. The highest BCUT2D eigenvalue weighted by Gasteiger charge is 2.15. The van der Waals surface area contributed by atoms with Gasteiger partial charge in [0.25, 0.3) is 0 Å². The molecule has 0 fully saturated rings. The van der Waals surface area contributed by atoms with Crippen LogP contribution in [0.3, 0.4) is 0 Å². The van der Waals surface area contributed by atoms with E-state index in [1.165, 1.54) is 0 Å². The number of benzene rings is 2. The predicted molar refractivity (Wildman–Crippen MR) is 115 cm³/mol. The Hall–Kier alpha value is -1.65. The first-order valence-corrected chi connectivity index (χ1v) is 9.67. The molecule has 3 nitrogen and oxygen atoms in total. The highest BCUT2D eigenvalue weighted by molar-refractivity contribution is 6.43. The number of hydrogen-bond acceptors (Lipinski definition) is 2. The molecular formula is C20H18Cl3N3. The Bertz CT molecular complexity index is 1050. The summed E-state index contributed by atoms with van der Waals surface area (Å²) in [5.41, 5.74) is 11.0. The summed E-state index contributed by atoms with van der Waals surface area (Å²) in [6.45, 7) is 1.26. The standard InChI is InChI=1S/C20H18Cl3N3/c21-12-3-1-11(2-4-12)13-8-19-15(9-18(13)25-6-5-24)14-7-16(22)17(23)10-20(14)26-19/h1-3,7-10,12,25-26H,4-6,24H2. The van der Waals surface area contributed by atoms with Gasteiger partial charge in [-0.15, -0.1) is 11.6 Å². The molecule has 6 heteroatoms. The third-order valence-corrected chi connectivity index (χ3v) is 5.64. The average molecular weight is 407 g/mol. The molecule has 0 saturated carbocycles. The van der Waals surface area contributed by atoms with Gasteiger partial charge in [0.1, 0.15) is 0 Å². The number of fused-ring (bicyclic) bond motifs is 3. The second kappa shape index (κ2) is 7.16. The maximum Gasteiger partial charge on any atom is 0.0613 e. The van der Waals surface area contributed by atoms with Crippen LogP contribution in [0.25, 0.3) is 27.4 Å². The van der Waals surface area contributed by atoms with E-state index in [2.05, 4.69) is 34.6 Å². The van der Waals surface area contributed by atoms with Crippen LogP contribution in [0.2, 0.25) is 10.0 Å². The number of anilines is 1. The summed E-state index contributed by atoms with van der Waals surface area (Å²) in [4.78, 5) is 3.44. The van der Waals surface area contributed by atoms with E-state index in [9.17, 15) is 0 Å². The first-order valence-electron chi connectivity index (χ1n) is 8.48. The van der Waals surface area contributed by atoms with E-state index in [-0.39, 0.29) is 5.38 Å². The predicted octanol–water partition coefficient (Wildman–Crippen LogP) is 5.95. The number of nitrogens with two attached hydrogens (primary N) is 1. The lowest BCUT2D eigenvalue weighted by atomic mass is 9.96. The number of hydrogen-bond donors (Lipinski definition) is 3. The highest BCUT2D eigenvalue weighted by Crippen LogP contribution is 2.37. The van der Waals surface area contributed by atoms with Crippen molar-refractivity contribution in [3.63, 3.8) is 0 Å². The number of allylic oxidation sites excluding steroid dienone is 4. The van der Waals surface area contributed by atoms with Crippen molar-refractivity contribution >= 4 is 67.9 Å². The van der Waals surface area contributed by atoms with E-state index in [1.807, 2.05) is 18.2 Å². The first kappa shape index (κ1) is 17.7. The fraction of sp³-hybridized carbons (Fsp3) is 0.200. The Labute approximate surface area is 166 Å². The van der Waals surface area contributed by atoms with Gasteiger partial charge in [0, 0.05) is 46.1 Å². The lowest BCUT2D eigenvalue weighted by molar-refractivity contribution is 1.02. The molecule has 2 aromatic carbocycles. The van der Waals surface area contributed by atoms with Crippen LogP contribution in [-0.2, 0) is 0 Å². The van der Waals surface area contributed by atoms with Crippen molar-refractivity contribution in [1.82, 2.24) is 4.98 Å². The molecule has 1 aromatic heterocycles. The van der Waals surface area contributed by atoms with Gasteiger partial charge < -0.3 is 16.0 Å². The zero-order valence-electron chi connectivity index (χ0n) is 14.0. The number of H-pyrrole nitrogens is 1. The second-order valence-corrected chi connectivity index (χ2v) is 7.74. The monoisotopic (exact) mass is 405 g/mol.